The van der Waals surface area contributed by atoms with Gasteiger partial charge in [0.15, 0.2) is 0 Å². The zero-order valence-corrected chi connectivity index (χ0v) is 15.0. The van der Waals surface area contributed by atoms with Crippen molar-refractivity contribution in [3.05, 3.63) is 69.2 Å². The van der Waals surface area contributed by atoms with Crippen molar-refractivity contribution in [3.63, 3.8) is 0 Å². The standard InChI is InChI=1S/C18H21BrClN/c1-18(2,14-7-5-4-6-8-14)17(21-3)11-13-9-10-15(19)12-16(13)20/h4-10,12,17,21H,11H2,1-3H3. The van der Waals surface area contributed by atoms with Gasteiger partial charge in [-0.15, -0.1) is 0 Å². The second kappa shape index (κ2) is 6.95. The van der Waals surface area contributed by atoms with Crippen molar-refractivity contribution >= 4 is 27.5 Å². The van der Waals surface area contributed by atoms with Gasteiger partial charge in [0.1, 0.15) is 0 Å². The van der Waals surface area contributed by atoms with Gasteiger partial charge in [-0.1, -0.05) is 77.8 Å². The van der Waals surface area contributed by atoms with Crippen molar-refractivity contribution in [3.8, 4) is 0 Å². The molecule has 0 aromatic heterocycles. The van der Waals surface area contributed by atoms with Crippen LogP contribution in [-0.2, 0) is 11.8 Å². The third kappa shape index (κ3) is 3.88. The largest absolute Gasteiger partial charge is 0.316 e. The zero-order chi connectivity index (χ0) is 15.5. The van der Waals surface area contributed by atoms with E-state index in [9.17, 15) is 0 Å². The highest BCUT2D eigenvalue weighted by Crippen LogP contribution is 2.31. The molecule has 0 amide bonds. The molecule has 0 spiro atoms. The number of halogens is 2. The predicted octanol–water partition coefficient (Wildman–Crippen LogP) is 5.21. The Balaban J connectivity index is 2.27. The van der Waals surface area contributed by atoms with Gasteiger partial charge in [-0.3, -0.25) is 0 Å². The molecule has 2 aromatic carbocycles. The smallest absolute Gasteiger partial charge is 0.0449 e. The van der Waals surface area contributed by atoms with Crippen LogP contribution < -0.4 is 5.32 Å². The minimum absolute atomic E-state index is 0.0203. The van der Waals surface area contributed by atoms with E-state index >= 15 is 0 Å². The lowest BCUT2D eigenvalue weighted by atomic mass is 9.75. The first-order valence-corrected chi connectivity index (χ1v) is 8.29. The molecule has 1 atom stereocenters. The summed E-state index contributed by atoms with van der Waals surface area (Å²) in [5.41, 5.74) is 2.52. The molecular weight excluding hydrogens is 346 g/mol. The Bertz CT molecular complexity index is 595. The second-order valence-corrected chi connectivity index (χ2v) is 7.19. The van der Waals surface area contributed by atoms with E-state index in [0.29, 0.717) is 6.04 Å². The summed E-state index contributed by atoms with van der Waals surface area (Å²) in [5.74, 6) is 0. The summed E-state index contributed by atoms with van der Waals surface area (Å²) in [6.45, 7) is 4.55. The Morgan fingerprint density at radius 2 is 1.81 bits per heavy atom. The Morgan fingerprint density at radius 3 is 2.38 bits per heavy atom. The summed E-state index contributed by atoms with van der Waals surface area (Å²) in [4.78, 5) is 0. The number of likely N-dealkylation sites (N-methyl/N-ethyl adjacent to an activating group) is 1. The van der Waals surface area contributed by atoms with Gasteiger partial charge < -0.3 is 5.32 Å². The molecule has 1 unspecified atom stereocenters. The van der Waals surface area contributed by atoms with Crippen LogP contribution in [0.1, 0.15) is 25.0 Å². The molecular formula is C18H21BrClN. The first-order chi connectivity index (χ1) is 9.95. The zero-order valence-electron chi connectivity index (χ0n) is 12.7. The SMILES string of the molecule is CNC(Cc1ccc(Br)cc1Cl)C(C)(C)c1ccccc1. The highest BCUT2D eigenvalue weighted by molar-refractivity contribution is 9.10. The van der Waals surface area contributed by atoms with Gasteiger partial charge in [-0.05, 0) is 36.7 Å². The van der Waals surface area contributed by atoms with E-state index in [1.807, 2.05) is 19.2 Å². The molecule has 0 aliphatic carbocycles. The molecule has 0 aliphatic rings. The van der Waals surface area contributed by atoms with E-state index in [1.54, 1.807) is 0 Å². The third-order valence-corrected chi connectivity index (χ3v) is 5.02. The van der Waals surface area contributed by atoms with E-state index in [2.05, 4.69) is 71.5 Å². The Kier molecular flexibility index (Phi) is 5.48. The maximum absolute atomic E-state index is 6.37. The first-order valence-electron chi connectivity index (χ1n) is 7.12. The van der Waals surface area contributed by atoms with E-state index in [4.69, 9.17) is 11.6 Å². The van der Waals surface area contributed by atoms with Crippen LogP contribution in [0.2, 0.25) is 5.02 Å². The van der Waals surface area contributed by atoms with Gasteiger partial charge in [0.25, 0.3) is 0 Å². The van der Waals surface area contributed by atoms with Crippen molar-refractivity contribution < 1.29 is 0 Å². The summed E-state index contributed by atoms with van der Waals surface area (Å²) < 4.78 is 1.01. The topological polar surface area (TPSA) is 12.0 Å². The fraction of sp³-hybridized carbons (Fsp3) is 0.333. The second-order valence-electron chi connectivity index (χ2n) is 5.87. The Labute approximate surface area is 140 Å². The van der Waals surface area contributed by atoms with Crippen LogP contribution >= 0.6 is 27.5 Å². The molecule has 0 saturated heterocycles. The van der Waals surface area contributed by atoms with Crippen LogP contribution in [0, 0.1) is 0 Å². The molecule has 1 N–H and O–H groups in total. The fourth-order valence-electron chi connectivity index (χ4n) is 2.69. The average Bonchev–Trinajstić information content (AvgIpc) is 2.47. The summed E-state index contributed by atoms with van der Waals surface area (Å²) in [7, 11) is 2.02. The Hall–Kier alpha value is -0.830. The molecule has 112 valence electrons. The van der Waals surface area contributed by atoms with E-state index in [0.717, 1.165) is 15.9 Å². The maximum Gasteiger partial charge on any atom is 0.0449 e. The molecule has 0 aliphatic heterocycles. The van der Waals surface area contributed by atoms with Gasteiger partial charge in [0.2, 0.25) is 0 Å². The number of rotatable bonds is 5. The van der Waals surface area contributed by atoms with Crippen LogP contribution in [0.25, 0.3) is 0 Å². The molecule has 3 heteroatoms. The first kappa shape index (κ1) is 16.5. The van der Waals surface area contributed by atoms with Gasteiger partial charge in [0.05, 0.1) is 0 Å². The quantitative estimate of drug-likeness (QED) is 0.766. The summed E-state index contributed by atoms with van der Waals surface area (Å²) in [6, 6.07) is 17.0. The predicted molar refractivity (Wildman–Crippen MR) is 95.2 cm³/mol. The molecule has 0 heterocycles. The number of hydrogen-bond donors (Lipinski definition) is 1. The highest BCUT2D eigenvalue weighted by Gasteiger charge is 2.30. The summed E-state index contributed by atoms with van der Waals surface area (Å²) in [6.07, 6.45) is 0.893. The minimum atomic E-state index is 0.0203. The lowest BCUT2D eigenvalue weighted by Crippen LogP contribution is -2.44. The monoisotopic (exact) mass is 365 g/mol. The van der Waals surface area contributed by atoms with Crippen LogP contribution in [0.15, 0.2) is 53.0 Å². The van der Waals surface area contributed by atoms with Crippen LogP contribution in [-0.4, -0.2) is 13.1 Å². The molecule has 2 rings (SSSR count). The summed E-state index contributed by atoms with van der Waals surface area (Å²) >= 11 is 9.82. The molecule has 21 heavy (non-hydrogen) atoms. The molecule has 1 nitrogen and oxygen atoms in total. The lowest BCUT2D eigenvalue weighted by molar-refractivity contribution is 0.356. The van der Waals surface area contributed by atoms with Crippen LogP contribution in [0.4, 0.5) is 0 Å². The van der Waals surface area contributed by atoms with Crippen LogP contribution in [0.5, 0.6) is 0 Å². The average molecular weight is 367 g/mol. The molecule has 0 fully saturated rings. The van der Waals surface area contributed by atoms with Gasteiger partial charge in [-0.25, -0.2) is 0 Å². The molecule has 2 aromatic rings. The van der Waals surface area contributed by atoms with Gasteiger partial charge >= 0.3 is 0 Å². The lowest BCUT2D eigenvalue weighted by Gasteiger charge is -2.35. The third-order valence-electron chi connectivity index (χ3n) is 4.18. The van der Waals surface area contributed by atoms with Gasteiger partial charge in [-0.2, -0.15) is 0 Å². The molecule has 0 radical (unpaired) electrons. The fourth-order valence-corrected chi connectivity index (χ4v) is 3.44. The van der Waals surface area contributed by atoms with Crippen LogP contribution in [0.3, 0.4) is 0 Å². The Morgan fingerprint density at radius 1 is 1.14 bits per heavy atom. The van der Waals surface area contributed by atoms with E-state index in [-0.39, 0.29) is 5.41 Å². The van der Waals surface area contributed by atoms with Crippen molar-refractivity contribution in [2.24, 2.45) is 0 Å². The van der Waals surface area contributed by atoms with Crippen molar-refractivity contribution in [2.45, 2.75) is 31.7 Å². The van der Waals surface area contributed by atoms with Crippen molar-refractivity contribution in [1.29, 1.82) is 0 Å². The minimum Gasteiger partial charge on any atom is -0.316 e. The molecule has 0 bridgehead atoms. The van der Waals surface area contributed by atoms with E-state index < -0.39 is 0 Å². The number of benzene rings is 2. The molecule has 0 saturated carbocycles. The highest BCUT2D eigenvalue weighted by atomic mass is 79.9. The van der Waals surface area contributed by atoms with Gasteiger partial charge in [0, 0.05) is 21.0 Å². The number of nitrogens with one attached hydrogen (secondary N) is 1. The van der Waals surface area contributed by atoms with Crippen molar-refractivity contribution in [2.75, 3.05) is 7.05 Å². The van der Waals surface area contributed by atoms with Crippen molar-refractivity contribution in [1.82, 2.24) is 5.32 Å². The number of hydrogen-bond acceptors (Lipinski definition) is 1. The maximum atomic E-state index is 6.37. The van der Waals surface area contributed by atoms with E-state index in [1.165, 1.54) is 11.1 Å². The summed E-state index contributed by atoms with van der Waals surface area (Å²) in [5, 5.41) is 4.27. The normalized spacial score (nSPS) is 13.2.